The fraction of sp³-hybridized carbons (Fsp3) is 1.00. The van der Waals surface area contributed by atoms with Crippen molar-refractivity contribution < 1.29 is 9.84 Å². The molecule has 1 aliphatic carbocycles. The molecule has 0 bridgehead atoms. The van der Waals surface area contributed by atoms with Crippen LogP contribution < -0.4 is 0 Å². The van der Waals surface area contributed by atoms with Crippen LogP contribution in [0.3, 0.4) is 0 Å². The Morgan fingerprint density at radius 3 is 2.60 bits per heavy atom. The second-order valence-electron chi connectivity index (χ2n) is 4.77. The van der Waals surface area contributed by atoms with E-state index >= 15 is 0 Å². The number of hydrogen-bond acceptors (Lipinski definition) is 3. The number of likely N-dealkylation sites (N-methyl/N-ethyl adjacent to an activating group) is 1. The fourth-order valence-corrected chi connectivity index (χ4v) is 3.03. The molecule has 1 heterocycles. The van der Waals surface area contributed by atoms with Crippen molar-refractivity contribution in [1.82, 2.24) is 4.90 Å². The molecule has 0 amide bonds. The average molecular weight is 213 g/mol. The minimum absolute atomic E-state index is 0.181. The molecule has 2 aliphatic rings. The van der Waals surface area contributed by atoms with Gasteiger partial charge in [-0.2, -0.15) is 0 Å². The van der Waals surface area contributed by atoms with Crippen molar-refractivity contribution in [3.8, 4) is 0 Å². The highest BCUT2D eigenvalue weighted by Crippen LogP contribution is 2.27. The number of hydrogen-bond donors (Lipinski definition) is 1. The Hall–Kier alpha value is -0.120. The molecule has 2 unspecified atom stereocenters. The van der Waals surface area contributed by atoms with Crippen LogP contribution in [-0.4, -0.2) is 48.0 Å². The molecule has 1 N–H and O–H groups in total. The SMILES string of the molecule is CCN(C1CCCC1)C1COCCC1O. The topological polar surface area (TPSA) is 32.7 Å². The molecule has 2 rings (SSSR count). The molecule has 0 aromatic heterocycles. The predicted molar refractivity (Wildman–Crippen MR) is 59.9 cm³/mol. The van der Waals surface area contributed by atoms with E-state index in [0.717, 1.165) is 19.6 Å². The van der Waals surface area contributed by atoms with Crippen LogP contribution >= 0.6 is 0 Å². The van der Waals surface area contributed by atoms with E-state index in [4.69, 9.17) is 4.74 Å². The van der Waals surface area contributed by atoms with E-state index < -0.39 is 0 Å². The first-order valence-electron chi connectivity index (χ1n) is 6.34. The van der Waals surface area contributed by atoms with Crippen LogP contribution in [0.2, 0.25) is 0 Å². The third-order valence-electron chi connectivity index (χ3n) is 3.88. The quantitative estimate of drug-likeness (QED) is 0.769. The van der Waals surface area contributed by atoms with Crippen LogP contribution in [0.15, 0.2) is 0 Å². The van der Waals surface area contributed by atoms with Crippen LogP contribution in [0, 0.1) is 0 Å². The van der Waals surface area contributed by atoms with Crippen LogP contribution in [-0.2, 0) is 4.74 Å². The van der Waals surface area contributed by atoms with Gasteiger partial charge >= 0.3 is 0 Å². The van der Waals surface area contributed by atoms with Gasteiger partial charge in [-0.15, -0.1) is 0 Å². The van der Waals surface area contributed by atoms with E-state index in [9.17, 15) is 5.11 Å². The van der Waals surface area contributed by atoms with Gasteiger partial charge in [-0.1, -0.05) is 19.8 Å². The molecule has 0 radical (unpaired) electrons. The van der Waals surface area contributed by atoms with Gasteiger partial charge in [0.2, 0.25) is 0 Å². The molecule has 3 nitrogen and oxygen atoms in total. The number of aliphatic hydroxyl groups excluding tert-OH is 1. The molecule has 2 atom stereocenters. The number of aliphatic hydroxyl groups is 1. The Morgan fingerprint density at radius 1 is 1.27 bits per heavy atom. The molecule has 15 heavy (non-hydrogen) atoms. The summed E-state index contributed by atoms with van der Waals surface area (Å²) in [4.78, 5) is 2.47. The van der Waals surface area contributed by atoms with Crippen molar-refractivity contribution in [2.75, 3.05) is 19.8 Å². The fourth-order valence-electron chi connectivity index (χ4n) is 3.03. The van der Waals surface area contributed by atoms with Crippen LogP contribution in [0.4, 0.5) is 0 Å². The molecule has 2 fully saturated rings. The third-order valence-corrected chi connectivity index (χ3v) is 3.88. The molecule has 1 saturated heterocycles. The van der Waals surface area contributed by atoms with Gasteiger partial charge in [0.25, 0.3) is 0 Å². The lowest BCUT2D eigenvalue weighted by Gasteiger charge is -2.40. The molecule has 0 aromatic rings. The van der Waals surface area contributed by atoms with Crippen molar-refractivity contribution in [2.45, 2.75) is 57.2 Å². The lowest BCUT2D eigenvalue weighted by Crippen LogP contribution is -2.53. The standard InChI is InChI=1S/C12H23NO2/c1-2-13(10-5-3-4-6-10)11-9-15-8-7-12(11)14/h10-12,14H,2-9H2,1H3. The highest BCUT2D eigenvalue weighted by atomic mass is 16.5. The predicted octanol–water partition coefficient (Wildman–Crippen LogP) is 1.40. The van der Waals surface area contributed by atoms with Crippen molar-refractivity contribution in [1.29, 1.82) is 0 Å². The Morgan fingerprint density at radius 2 is 2.00 bits per heavy atom. The van der Waals surface area contributed by atoms with Crippen molar-refractivity contribution in [3.05, 3.63) is 0 Å². The summed E-state index contributed by atoms with van der Waals surface area (Å²) in [5.74, 6) is 0. The minimum Gasteiger partial charge on any atom is -0.391 e. The molecule has 1 aliphatic heterocycles. The van der Waals surface area contributed by atoms with Gasteiger partial charge in [0.1, 0.15) is 0 Å². The monoisotopic (exact) mass is 213 g/mol. The largest absolute Gasteiger partial charge is 0.391 e. The van der Waals surface area contributed by atoms with E-state index in [1.807, 2.05) is 0 Å². The van der Waals surface area contributed by atoms with E-state index in [0.29, 0.717) is 12.6 Å². The van der Waals surface area contributed by atoms with Gasteiger partial charge in [-0.05, 0) is 25.8 Å². The number of rotatable bonds is 3. The summed E-state index contributed by atoms with van der Waals surface area (Å²) in [7, 11) is 0. The zero-order valence-corrected chi connectivity index (χ0v) is 9.69. The number of nitrogens with zero attached hydrogens (tertiary/aromatic N) is 1. The van der Waals surface area contributed by atoms with Crippen molar-refractivity contribution in [3.63, 3.8) is 0 Å². The summed E-state index contributed by atoms with van der Waals surface area (Å²) >= 11 is 0. The zero-order valence-electron chi connectivity index (χ0n) is 9.69. The van der Waals surface area contributed by atoms with Gasteiger partial charge < -0.3 is 9.84 Å². The van der Waals surface area contributed by atoms with Gasteiger partial charge in [-0.25, -0.2) is 0 Å². The highest BCUT2D eigenvalue weighted by molar-refractivity contribution is 4.87. The minimum atomic E-state index is -0.181. The first kappa shape index (κ1) is 11.4. The first-order valence-corrected chi connectivity index (χ1v) is 6.34. The van der Waals surface area contributed by atoms with E-state index in [1.165, 1.54) is 25.7 Å². The molecule has 3 heteroatoms. The summed E-state index contributed by atoms with van der Waals surface area (Å²) in [6, 6.07) is 0.934. The Balaban J connectivity index is 1.97. The summed E-state index contributed by atoms with van der Waals surface area (Å²) < 4.78 is 5.49. The number of ether oxygens (including phenoxy) is 1. The van der Waals surface area contributed by atoms with Crippen molar-refractivity contribution in [2.24, 2.45) is 0 Å². The summed E-state index contributed by atoms with van der Waals surface area (Å²) in [5, 5.41) is 10.0. The second kappa shape index (κ2) is 5.28. The van der Waals surface area contributed by atoms with Crippen molar-refractivity contribution >= 4 is 0 Å². The lowest BCUT2D eigenvalue weighted by atomic mass is 10.0. The average Bonchev–Trinajstić information content (AvgIpc) is 2.75. The highest BCUT2D eigenvalue weighted by Gasteiger charge is 2.33. The smallest absolute Gasteiger partial charge is 0.0739 e. The maximum Gasteiger partial charge on any atom is 0.0739 e. The Labute approximate surface area is 92.4 Å². The zero-order chi connectivity index (χ0) is 10.7. The third kappa shape index (κ3) is 2.52. The van der Waals surface area contributed by atoms with Crippen LogP contribution in [0.25, 0.3) is 0 Å². The lowest BCUT2D eigenvalue weighted by molar-refractivity contribution is -0.0713. The Kier molecular flexibility index (Phi) is 4.00. The second-order valence-corrected chi connectivity index (χ2v) is 4.77. The normalized spacial score (nSPS) is 33.8. The molecule has 0 aromatic carbocycles. The van der Waals surface area contributed by atoms with E-state index in [1.54, 1.807) is 0 Å². The summed E-state index contributed by atoms with van der Waals surface area (Å²) in [6.45, 7) is 4.67. The molecule has 0 spiro atoms. The van der Waals surface area contributed by atoms with Gasteiger partial charge in [-0.3, -0.25) is 4.90 Å². The van der Waals surface area contributed by atoms with Gasteiger partial charge in [0, 0.05) is 12.6 Å². The molecular weight excluding hydrogens is 190 g/mol. The van der Waals surface area contributed by atoms with Crippen LogP contribution in [0.1, 0.15) is 39.0 Å². The van der Waals surface area contributed by atoms with E-state index in [2.05, 4.69) is 11.8 Å². The first-order chi connectivity index (χ1) is 7.33. The summed E-state index contributed by atoms with van der Waals surface area (Å²) in [6.07, 6.45) is 5.93. The van der Waals surface area contributed by atoms with Gasteiger partial charge in [0.15, 0.2) is 0 Å². The van der Waals surface area contributed by atoms with Crippen LogP contribution in [0.5, 0.6) is 0 Å². The maximum absolute atomic E-state index is 10.0. The summed E-state index contributed by atoms with van der Waals surface area (Å²) in [5.41, 5.74) is 0. The maximum atomic E-state index is 10.0. The molecule has 88 valence electrons. The van der Waals surface area contributed by atoms with E-state index in [-0.39, 0.29) is 12.1 Å². The van der Waals surface area contributed by atoms with Gasteiger partial charge in [0.05, 0.1) is 18.8 Å². The molecular formula is C12H23NO2. The Bertz CT molecular complexity index is 192. The molecule has 1 saturated carbocycles.